The van der Waals surface area contributed by atoms with Gasteiger partial charge in [0.15, 0.2) is 0 Å². The maximum absolute atomic E-state index is 6.35. The maximum Gasteiger partial charge on any atom is 0.0645 e. The van der Waals surface area contributed by atoms with Crippen LogP contribution < -0.4 is 5.73 Å². The van der Waals surface area contributed by atoms with E-state index in [0.717, 1.165) is 15.6 Å². The largest absolute Gasteiger partial charge is 0.318 e. The maximum atomic E-state index is 6.35. The Morgan fingerprint density at radius 3 is 2.33 bits per heavy atom. The molecule has 2 N–H and O–H groups in total. The van der Waals surface area contributed by atoms with Gasteiger partial charge in [-0.2, -0.15) is 11.3 Å². The molecule has 1 aromatic carbocycles. The monoisotopic (exact) mass is 281 g/mol. The lowest BCUT2D eigenvalue weighted by Gasteiger charge is -2.24. The Labute approximate surface area is 102 Å². The van der Waals surface area contributed by atoms with Crippen molar-refractivity contribution >= 4 is 27.3 Å². The molecule has 0 saturated heterocycles. The lowest BCUT2D eigenvalue weighted by atomic mass is 9.88. The quantitative estimate of drug-likeness (QED) is 0.892. The molecule has 78 valence electrons. The average Bonchev–Trinajstić information content (AvgIpc) is 2.71. The molecule has 0 amide bonds. The lowest BCUT2D eigenvalue weighted by molar-refractivity contribution is 0.605. The van der Waals surface area contributed by atoms with E-state index in [-0.39, 0.29) is 0 Å². The van der Waals surface area contributed by atoms with Crippen LogP contribution in [0.4, 0.5) is 0 Å². The fraction of sp³-hybridized carbons (Fsp3) is 0.167. The van der Waals surface area contributed by atoms with Gasteiger partial charge in [0.25, 0.3) is 0 Å². The number of hydrogen-bond acceptors (Lipinski definition) is 2. The first-order valence-electron chi connectivity index (χ1n) is 4.68. The topological polar surface area (TPSA) is 26.0 Å². The second-order valence-electron chi connectivity index (χ2n) is 3.72. The Bertz CT molecular complexity index is 431. The van der Waals surface area contributed by atoms with E-state index in [2.05, 4.69) is 44.9 Å². The Morgan fingerprint density at radius 2 is 1.80 bits per heavy atom. The second-order valence-corrected chi connectivity index (χ2v) is 5.42. The minimum Gasteiger partial charge on any atom is -0.318 e. The summed E-state index contributed by atoms with van der Waals surface area (Å²) in [6, 6.07) is 10.2. The molecule has 0 aliphatic rings. The molecule has 1 aromatic heterocycles. The molecule has 1 atom stereocenters. The highest BCUT2D eigenvalue weighted by Gasteiger charge is 2.23. The average molecular weight is 282 g/mol. The normalized spacial score (nSPS) is 14.9. The minimum atomic E-state index is -0.402. The molecule has 3 heteroatoms. The van der Waals surface area contributed by atoms with Crippen LogP contribution in [0.5, 0.6) is 0 Å². The zero-order valence-electron chi connectivity index (χ0n) is 8.41. The van der Waals surface area contributed by atoms with E-state index in [0.29, 0.717) is 0 Å². The van der Waals surface area contributed by atoms with E-state index in [1.165, 1.54) is 0 Å². The molecule has 1 heterocycles. The molecular weight excluding hydrogens is 270 g/mol. The molecule has 1 unspecified atom stereocenters. The highest BCUT2D eigenvalue weighted by molar-refractivity contribution is 9.10. The van der Waals surface area contributed by atoms with Crippen LogP contribution >= 0.6 is 27.3 Å². The van der Waals surface area contributed by atoms with Crippen molar-refractivity contribution < 1.29 is 0 Å². The molecule has 0 bridgehead atoms. The van der Waals surface area contributed by atoms with Gasteiger partial charge in [-0.05, 0) is 47.0 Å². The zero-order valence-corrected chi connectivity index (χ0v) is 10.8. The molecule has 0 spiro atoms. The Balaban J connectivity index is 2.41. The third kappa shape index (κ3) is 2.14. The van der Waals surface area contributed by atoms with Gasteiger partial charge in [-0.3, -0.25) is 0 Å². The van der Waals surface area contributed by atoms with Crippen LogP contribution in [-0.2, 0) is 5.54 Å². The minimum absolute atomic E-state index is 0.402. The van der Waals surface area contributed by atoms with E-state index in [4.69, 9.17) is 5.73 Å². The van der Waals surface area contributed by atoms with Crippen LogP contribution in [0.25, 0.3) is 0 Å². The third-order valence-corrected chi connectivity index (χ3v) is 3.78. The van der Waals surface area contributed by atoms with E-state index in [9.17, 15) is 0 Å². The second kappa shape index (κ2) is 4.08. The molecule has 1 nitrogen and oxygen atoms in total. The van der Waals surface area contributed by atoms with E-state index in [1.54, 1.807) is 11.3 Å². The van der Waals surface area contributed by atoms with Crippen molar-refractivity contribution in [3.8, 4) is 0 Å². The summed E-state index contributed by atoms with van der Waals surface area (Å²) in [6.45, 7) is 2.04. The molecule has 0 fully saturated rings. The first-order chi connectivity index (χ1) is 7.10. The van der Waals surface area contributed by atoms with E-state index in [1.807, 2.05) is 19.1 Å². The van der Waals surface area contributed by atoms with Crippen molar-refractivity contribution in [2.45, 2.75) is 12.5 Å². The predicted octanol–water partition coefficient (Wildman–Crippen LogP) is 3.73. The number of thiophene rings is 1. The van der Waals surface area contributed by atoms with Gasteiger partial charge in [0.1, 0.15) is 0 Å². The van der Waals surface area contributed by atoms with Gasteiger partial charge in [-0.25, -0.2) is 0 Å². The Morgan fingerprint density at radius 1 is 1.13 bits per heavy atom. The highest BCUT2D eigenvalue weighted by Crippen LogP contribution is 2.28. The van der Waals surface area contributed by atoms with E-state index < -0.39 is 5.54 Å². The van der Waals surface area contributed by atoms with Gasteiger partial charge in [0.05, 0.1) is 5.54 Å². The summed E-state index contributed by atoms with van der Waals surface area (Å²) in [5, 5.41) is 4.15. The number of benzene rings is 1. The van der Waals surface area contributed by atoms with Crippen LogP contribution in [-0.4, -0.2) is 0 Å². The van der Waals surface area contributed by atoms with Crippen LogP contribution in [0, 0.1) is 0 Å². The molecule has 0 aliphatic carbocycles. The molecule has 2 aromatic rings. The van der Waals surface area contributed by atoms with Gasteiger partial charge in [-0.1, -0.05) is 28.1 Å². The summed E-state index contributed by atoms with van der Waals surface area (Å²) >= 11 is 5.10. The number of rotatable bonds is 2. The van der Waals surface area contributed by atoms with Gasteiger partial charge in [-0.15, -0.1) is 0 Å². The van der Waals surface area contributed by atoms with Crippen LogP contribution in [0.2, 0.25) is 0 Å². The van der Waals surface area contributed by atoms with Crippen molar-refractivity contribution in [2.24, 2.45) is 5.73 Å². The van der Waals surface area contributed by atoms with Crippen molar-refractivity contribution in [1.29, 1.82) is 0 Å². The summed E-state index contributed by atoms with van der Waals surface area (Å²) in [7, 11) is 0. The van der Waals surface area contributed by atoms with Gasteiger partial charge >= 0.3 is 0 Å². The summed E-state index contributed by atoms with van der Waals surface area (Å²) in [4.78, 5) is 0. The highest BCUT2D eigenvalue weighted by atomic mass is 79.9. The van der Waals surface area contributed by atoms with Gasteiger partial charge in [0.2, 0.25) is 0 Å². The van der Waals surface area contributed by atoms with Crippen molar-refractivity contribution in [2.75, 3.05) is 0 Å². The predicted molar refractivity (Wildman–Crippen MR) is 69.1 cm³/mol. The zero-order chi connectivity index (χ0) is 10.9. The molecule has 15 heavy (non-hydrogen) atoms. The van der Waals surface area contributed by atoms with Crippen molar-refractivity contribution in [3.63, 3.8) is 0 Å². The van der Waals surface area contributed by atoms with Crippen molar-refractivity contribution in [1.82, 2.24) is 0 Å². The summed E-state index contributed by atoms with van der Waals surface area (Å²) < 4.78 is 1.08. The molecular formula is C12H12BrNS. The van der Waals surface area contributed by atoms with E-state index >= 15 is 0 Å². The smallest absolute Gasteiger partial charge is 0.0645 e. The van der Waals surface area contributed by atoms with Crippen LogP contribution in [0.3, 0.4) is 0 Å². The first kappa shape index (κ1) is 10.9. The number of nitrogens with two attached hydrogens (primary N) is 1. The number of hydrogen-bond donors (Lipinski definition) is 1. The molecule has 0 aliphatic heterocycles. The lowest BCUT2D eigenvalue weighted by Crippen LogP contribution is -2.33. The SMILES string of the molecule is CC(N)(c1ccc(Br)cc1)c1ccsc1. The third-order valence-electron chi connectivity index (χ3n) is 2.56. The Kier molecular flexibility index (Phi) is 2.96. The molecule has 0 radical (unpaired) electrons. The first-order valence-corrected chi connectivity index (χ1v) is 6.42. The van der Waals surface area contributed by atoms with Crippen molar-refractivity contribution in [3.05, 3.63) is 56.7 Å². The summed E-state index contributed by atoms with van der Waals surface area (Å²) in [5.41, 5.74) is 8.23. The van der Waals surface area contributed by atoms with Crippen LogP contribution in [0.15, 0.2) is 45.6 Å². The summed E-state index contributed by atoms with van der Waals surface area (Å²) in [5.74, 6) is 0. The Hall–Kier alpha value is -0.640. The molecule has 0 saturated carbocycles. The van der Waals surface area contributed by atoms with Gasteiger partial charge in [0, 0.05) is 4.47 Å². The summed E-state index contributed by atoms with van der Waals surface area (Å²) in [6.07, 6.45) is 0. The fourth-order valence-corrected chi connectivity index (χ4v) is 2.56. The van der Waals surface area contributed by atoms with Crippen LogP contribution in [0.1, 0.15) is 18.1 Å². The number of halogens is 1. The molecule has 2 rings (SSSR count). The standard InChI is InChI=1S/C12H12BrNS/c1-12(14,10-6-7-15-8-10)9-2-4-11(13)5-3-9/h2-8H,14H2,1H3. The van der Waals surface area contributed by atoms with Gasteiger partial charge < -0.3 is 5.73 Å². The fourth-order valence-electron chi connectivity index (χ4n) is 1.52.